The fourth-order valence-electron chi connectivity index (χ4n) is 2.32. The quantitative estimate of drug-likeness (QED) is 0.801. The maximum atomic E-state index is 12.2. The zero-order valence-electron chi connectivity index (χ0n) is 11.8. The maximum Gasteiger partial charge on any atom is 0.317 e. The van der Waals surface area contributed by atoms with Gasteiger partial charge in [0.15, 0.2) is 0 Å². The minimum Gasteiger partial charge on any atom is -0.398 e. The average Bonchev–Trinajstić information content (AvgIpc) is 3.17. The van der Waals surface area contributed by atoms with Crippen LogP contribution in [0.5, 0.6) is 0 Å². The number of nitrogens with two attached hydrogens (primary N) is 1. The molecule has 0 radical (unpaired) electrons. The summed E-state index contributed by atoms with van der Waals surface area (Å²) in [6.45, 7) is 2.92. The second kappa shape index (κ2) is 5.51. The fourth-order valence-corrected chi connectivity index (χ4v) is 2.32. The van der Waals surface area contributed by atoms with E-state index in [2.05, 4.69) is 12.2 Å². The number of urea groups is 1. The highest BCUT2D eigenvalue weighted by Crippen LogP contribution is 2.47. The molecule has 19 heavy (non-hydrogen) atoms. The molecule has 0 bridgehead atoms. The summed E-state index contributed by atoms with van der Waals surface area (Å²) >= 11 is 0. The minimum atomic E-state index is -0.233. The highest BCUT2D eigenvalue weighted by molar-refractivity contribution is 5.76. The number of amides is 2. The number of rotatable bonds is 5. The summed E-state index contributed by atoms with van der Waals surface area (Å²) in [5, 5.41) is 3.14. The van der Waals surface area contributed by atoms with Gasteiger partial charge in [0.05, 0.1) is 5.54 Å². The van der Waals surface area contributed by atoms with Crippen LogP contribution in [0, 0.1) is 0 Å². The van der Waals surface area contributed by atoms with Crippen LogP contribution in [0.25, 0.3) is 0 Å². The van der Waals surface area contributed by atoms with Crippen molar-refractivity contribution in [2.24, 2.45) is 0 Å². The Kier molecular flexibility index (Phi) is 3.98. The lowest BCUT2D eigenvalue weighted by Crippen LogP contribution is -2.43. The van der Waals surface area contributed by atoms with Crippen LogP contribution in [0.3, 0.4) is 0 Å². The molecule has 3 N–H and O–H groups in total. The van der Waals surface area contributed by atoms with E-state index >= 15 is 0 Å². The van der Waals surface area contributed by atoms with Crippen molar-refractivity contribution in [3.05, 3.63) is 29.8 Å². The molecule has 1 fully saturated rings. The molecule has 104 valence electrons. The van der Waals surface area contributed by atoms with Crippen molar-refractivity contribution in [2.45, 2.75) is 38.1 Å². The lowest BCUT2D eigenvalue weighted by atomic mass is 10.0. The average molecular weight is 261 g/mol. The third kappa shape index (κ3) is 3.00. The fraction of sp³-hybridized carbons (Fsp3) is 0.533. The normalized spacial score (nSPS) is 15.9. The highest BCUT2D eigenvalue weighted by atomic mass is 16.2. The van der Waals surface area contributed by atoms with E-state index in [1.165, 1.54) is 0 Å². The van der Waals surface area contributed by atoms with Gasteiger partial charge >= 0.3 is 6.03 Å². The van der Waals surface area contributed by atoms with Gasteiger partial charge in [-0.1, -0.05) is 31.5 Å². The van der Waals surface area contributed by atoms with Gasteiger partial charge in [0.2, 0.25) is 0 Å². The number of carbonyl (C=O) groups is 1. The number of carbonyl (C=O) groups excluding carboxylic acids is 1. The zero-order valence-corrected chi connectivity index (χ0v) is 11.8. The van der Waals surface area contributed by atoms with Crippen molar-refractivity contribution >= 4 is 11.7 Å². The molecule has 0 atom stereocenters. The summed E-state index contributed by atoms with van der Waals surface area (Å²) < 4.78 is 0. The Morgan fingerprint density at radius 2 is 2.11 bits per heavy atom. The molecular weight excluding hydrogens is 238 g/mol. The molecule has 0 heterocycles. The number of para-hydroxylation sites is 1. The summed E-state index contributed by atoms with van der Waals surface area (Å²) in [6, 6.07) is 7.79. The van der Waals surface area contributed by atoms with Crippen LogP contribution in [-0.2, 0) is 5.54 Å². The van der Waals surface area contributed by atoms with Crippen molar-refractivity contribution in [3.63, 3.8) is 0 Å². The zero-order chi connectivity index (χ0) is 13.9. The van der Waals surface area contributed by atoms with Gasteiger partial charge in [0.25, 0.3) is 0 Å². The number of nitrogens with one attached hydrogen (secondary N) is 1. The van der Waals surface area contributed by atoms with Gasteiger partial charge in [-0.15, -0.1) is 0 Å². The SMILES string of the molecule is CCCCN(C)C(=O)NC1(c2ccccc2N)CC1. The molecule has 1 aliphatic rings. The van der Waals surface area contributed by atoms with Gasteiger partial charge < -0.3 is 16.0 Å². The van der Waals surface area contributed by atoms with E-state index in [9.17, 15) is 4.79 Å². The first-order chi connectivity index (χ1) is 9.09. The molecule has 1 aromatic carbocycles. The lowest BCUT2D eigenvalue weighted by molar-refractivity contribution is 0.202. The van der Waals surface area contributed by atoms with Gasteiger partial charge in [0.1, 0.15) is 0 Å². The number of anilines is 1. The Morgan fingerprint density at radius 3 is 2.68 bits per heavy atom. The van der Waals surface area contributed by atoms with Crippen molar-refractivity contribution in [2.75, 3.05) is 19.3 Å². The Balaban J connectivity index is 2.03. The maximum absolute atomic E-state index is 12.2. The molecule has 4 heteroatoms. The van der Waals surface area contributed by atoms with Crippen molar-refractivity contribution in [1.29, 1.82) is 0 Å². The van der Waals surface area contributed by atoms with E-state index in [4.69, 9.17) is 5.73 Å². The molecule has 0 unspecified atom stereocenters. The van der Waals surface area contributed by atoms with E-state index in [0.29, 0.717) is 0 Å². The molecule has 0 saturated heterocycles. The van der Waals surface area contributed by atoms with E-state index in [-0.39, 0.29) is 11.6 Å². The van der Waals surface area contributed by atoms with Crippen LogP contribution in [0.15, 0.2) is 24.3 Å². The molecule has 0 spiro atoms. The molecular formula is C15H23N3O. The Hall–Kier alpha value is -1.71. The second-order valence-corrected chi connectivity index (χ2v) is 5.37. The summed E-state index contributed by atoms with van der Waals surface area (Å²) in [6.07, 6.45) is 4.06. The van der Waals surface area contributed by atoms with Crippen LogP contribution in [0.4, 0.5) is 10.5 Å². The first-order valence-electron chi connectivity index (χ1n) is 6.97. The van der Waals surface area contributed by atoms with Crippen LogP contribution in [0.1, 0.15) is 38.2 Å². The molecule has 0 aromatic heterocycles. The number of benzene rings is 1. The number of nitrogens with zero attached hydrogens (tertiary/aromatic N) is 1. The topological polar surface area (TPSA) is 58.4 Å². The molecule has 2 rings (SSSR count). The number of unbranched alkanes of at least 4 members (excludes halogenated alkanes) is 1. The van der Waals surface area contributed by atoms with E-state index < -0.39 is 0 Å². The van der Waals surface area contributed by atoms with Gasteiger partial charge in [-0.3, -0.25) is 0 Å². The third-order valence-electron chi connectivity index (χ3n) is 3.77. The molecule has 0 aliphatic heterocycles. The van der Waals surface area contributed by atoms with E-state index in [1.807, 2.05) is 31.3 Å². The number of nitrogen functional groups attached to an aromatic ring is 1. The minimum absolute atomic E-state index is 0.00537. The monoisotopic (exact) mass is 261 g/mol. The van der Waals surface area contributed by atoms with Crippen molar-refractivity contribution in [1.82, 2.24) is 10.2 Å². The Morgan fingerprint density at radius 1 is 1.42 bits per heavy atom. The van der Waals surface area contributed by atoms with Gasteiger partial charge in [-0.2, -0.15) is 0 Å². The number of hydrogen-bond donors (Lipinski definition) is 2. The summed E-state index contributed by atoms with van der Waals surface area (Å²) in [5.74, 6) is 0. The molecule has 1 aromatic rings. The van der Waals surface area contributed by atoms with Gasteiger partial charge in [-0.25, -0.2) is 4.79 Å². The van der Waals surface area contributed by atoms with E-state index in [1.54, 1.807) is 4.90 Å². The number of hydrogen-bond acceptors (Lipinski definition) is 2. The summed E-state index contributed by atoms with van der Waals surface area (Å²) in [4.78, 5) is 13.9. The first kappa shape index (κ1) is 13.7. The second-order valence-electron chi connectivity index (χ2n) is 5.37. The predicted octanol–water partition coefficient (Wildman–Crippen LogP) is 2.70. The predicted molar refractivity (Wildman–Crippen MR) is 77.8 cm³/mol. The lowest BCUT2D eigenvalue weighted by Gasteiger charge is -2.24. The summed E-state index contributed by atoms with van der Waals surface area (Å²) in [5.41, 5.74) is 7.59. The van der Waals surface area contributed by atoms with Gasteiger partial charge in [-0.05, 0) is 25.3 Å². The summed E-state index contributed by atoms with van der Waals surface area (Å²) in [7, 11) is 1.84. The van der Waals surface area contributed by atoms with Crippen molar-refractivity contribution in [3.8, 4) is 0 Å². The van der Waals surface area contributed by atoms with Gasteiger partial charge in [0, 0.05) is 24.8 Å². The Labute approximate surface area is 115 Å². The van der Waals surface area contributed by atoms with E-state index in [0.717, 1.165) is 43.5 Å². The van der Waals surface area contributed by atoms with Crippen LogP contribution in [0.2, 0.25) is 0 Å². The molecule has 4 nitrogen and oxygen atoms in total. The standard InChI is InChI=1S/C15H23N3O/c1-3-4-11-18(2)14(19)17-15(9-10-15)12-7-5-6-8-13(12)16/h5-8H,3-4,9-11,16H2,1-2H3,(H,17,19). The first-order valence-corrected chi connectivity index (χ1v) is 6.97. The van der Waals surface area contributed by atoms with Crippen LogP contribution >= 0.6 is 0 Å². The molecule has 1 aliphatic carbocycles. The van der Waals surface area contributed by atoms with Crippen molar-refractivity contribution < 1.29 is 4.79 Å². The largest absolute Gasteiger partial charge is 0.398 e. The molecule has 1 saturated carbocycles. The van der Waals surface area contributed by atoms with Crippen LogP contribution < -0.4 is 11.1 Å². The Bertz CT molecular complexity index is 454. The smallest absolute Gasteiger partial charge is 0.317 e. The third-order valence-corrected chi connectivity index (χ3v) is 3.77. The van der Waals surface area contributed by atoms with Crippen LogP contribution in [-0.4, -0.2) is 24.5 Å². The highest BCUT2D eigenvalue weighted by Gasteiger charge is 2.47. The molecule has 2 amide bonds.